The Morgan fingerprint density at radius 1 is 0.962 bits per heavy atom. The van der Waals surface area contributed by atoms with Gasteiger partial charge in [-0.1, -0.05) is 42.0 Å². The molecule has 4 rings (SSSR count). The molecule has 1 atom stereocenters. The van der Waals surface area contributed by atoms with Crippen molar-refractivity contribution in [2.45, 2.75) is 32.5 Å². The van der Waals surface area contributed by atoms with Crippen LogP contribution in [0.1, 0.15) is 34.8 Å². The van der Waals surface area contributed by atoms with E-state index in [0.717, 1.165) is 25.4 Å². The van der Waals surface area contributed by atoms with E-state index in [1.165, 1.54) is 28.8 Å². The average molecular weight is 346 g/mol. The van der Waals surface area contributed by atoms with E-state index in [0.29, 0.717) is 0 Å². The van der Waals surface area contributed by atoms with Gasteiger partial charge in [0.1, 0.15) is 5.75 Å². The zero-order valence-electron chi connectivity index (χ0n) is 15.6. The molecule has 2 aromatic carbocycles. The Bertz CT molecular complexity index is 849. The van der Waals surface area contributed by atoms with E-state index in [4.69, 9.17) is 4.74 Å². The van der Waals surface area contributed by atoms with Gasteiger partial charge in [-0.15, -0.1) is 0 Å². The molecular weight excluding hydrogens is 320 g/mol. The lowest BCUT2D eigenvalue weighted by Crippen LogP contribution is -2.29. The van der Waals surface area contributed by atoms with Gasteiger partial charge >= 0.3 is 0 Å². The van der Waals surface area contributed by atoms with Gasteiger partial charge in [0, 0.05) is 31.5 Å². The van der Waals surface area contributed by atoms with Crippen LogP contribution in [0.5, 0.6) is 5.75 Å². The fourth-order valence-corrected chi connectivity index (χ4v) is 3.91. The molecule has 0 N–H and O–H groups in total. The first-order valence-electron chi connectivity index (χ1n) is 9.33. The summed E-state index contributed by atoms with van der Waals surface area (Å²) in [5.74, 6) is 0.905. The minimum atomic E-state index is 0.264. The highest BCUT2D eigenvalue weighted by molar-refractivity contribution is 5.35. The summed E-state index contributed by atoms with van der Waals surface area (Å²) in [6.07, 6.45) is 3.38. The number of rotatable bonds is 4. The summed E-state index contributed by atoms with van der Waals surface area (Å²) < 4.78 is 7.76. The third-order valence-corrected chi connectivity index (χ3v) is 5.29. The molecule has 1 aliphatic heterocycles. The van der Waals surface area contributed by atoms with Gasteiger partial charge in [-0.25, -0.2) is 0 Å². The maximum Gasteiger partial charge on any atom is 0.118 e. The summed E-state index contributed by atoms with van der Waals surface area (Å²) in [7, 11) is 1.72. The van der Waals surface area contributed by atoms with Gasteiger partial charge in [0.25, 0.3) is 0 Å². The van der Waals surface area contributed by atoms with Crippen molar-refractivity contribution in [3.8, 4) is 5.75 Å². The second kappa shape index (κ2) is 7.38. The van der Waals surface area contributed by atoms with Gasteiger partial charge in [-0.3, -0.25) is 4.90 Å². The molecule has 0 saturated heterocycles. The van der Waals surface area contributed by atoms with Gasteiger partial charge < -0.3 is 9.30 Å². The molecule has 0 spiro atoms. The molecule has 0 amide bonds. The Morgan fingerprint density at radius 2 is 1.73 bits per heavy atom. The molecule has 0 fully saturated rings. The lowest BCUT2D eigenvalue weighted by Gasteiger charge is -2.31. The van der Waals surface area contributed by atoms with Gasteiger partial charge in [-0.2, -0.15) is 0 Å². The molecule has 134 valence electrons. The smallest absolute Gasteiger partial charge is 0.118 e. The Hall–Kier alpha value is -2.52. The van der Waals surface area contributed by atoms with E-state index in [-0.39, 0.29) is 6.04 Å². The number of nitrogens with zero attached hydrogens (tertiary/aromatic N) is 2. The van der Waals surface area contributed by atoms with E-state index >= 15 is 0 Å². The van der Waals surface area contributed by atoms with Crippen LogP contribution in [-0.4, -0.2) is 23.1 Å². The molecule has 2 heterocycles. The zero-order valence-corrected chi connectivity index (χ0v) is 15.6. The number of hydrogen-bond acceptors (Lipinski definition) is 2. The van der Waals surface area contributed by atoms with Crippen molar-refractivity contribution in [1.82, 2.24) is 9.47 Å². The second-order valence-electron chi connectivity index (χ2n) is 7.11. The Labute approximate surface area is 155 Å². The molecule has 1 aliphatic rings. The van der Waals surface area contributed by atoms with Crippen molar-refractivity contribution in [1.29, 1.82) is 0 Å². The van der Waals surface area contributed by atoms with E-state index < -0.39 is 0 Å². The van der Waals surface area contributed by atoms with Crippen molar-refractivity contribution in [2.75, 3.05) is 13.7 Å². The van der Waals surface area contributed by atoms with Crippen LogP contribution in [0.4, 0.5) is 0 Å². The average Bonchev–Trinajstić information content (AvgIpc) is 3.05. The molecule has 1 aromatic heterocycles. The number of methoxy groups -OCH3 is 1. The summed E-state index contributed by atoms with van der Waals surface area (Å²) >= 11 is 0. The second-order valence-corrected chi connectivity index (χ2v) is 7.11. The van der Waals surface area contributed by atoms with Crippen LogP contribution < -0.4 is 4.74 Å². The first-order valence-corrected chi connectivity index (χ1v) is 9.33. The highest BCUT2D eigenvalue weighted by Crippen LogP contribution is 2.33. The molecule has 3 nitrogen and oxygen atoms in total. The number of aromatic nitrogens is 1. The largest absolute Gasteiger partial charge is 0.497 e. The summed E-state index contributed by atoms with van der Waals surface area (Å²) in [5.41, 5.74) is 5.37. The molecule has 3 heteroatoms. The number of ether oxygens (including phenoxy) is 1. The van der Waals surface area contributed by atoms with Crippen molar-refractivity contribution >= 4 is 0 Å². The summed E-state index contributed by atoms with van der Waals surface area (Å²) in [4.78, 5) is 2.60. The third-order valence-electron chi connectivity index (χ3n) is 5.29. The first kappa shape index (κ1) is 16.9. The quantitative estimate of drug-likeness (QED) is 0.675. The van der Waals surface area contributed by atoms with Gasteiger partial charge in [0.2, 0.25) is 0 Å². The molecule has 3 aromatic rings. The Kier molecular flexibility index (Phi) is 4.81. The molecule has 0 bridgehead atoms. The van der Waals surface area contributed by atoms with Crippen LogP contribution in [0.3, 0.4) is 0 Å². The number of aryl methyl sites for hydroxylation is 2. The normalized spacial score (nSPS) is 17.5. The summed E-state index contributed by atoms with van der Waals surface area (Å²) in [6, 6.07) is 22.2. The van der Waals surface area contributed by atoms with Crippen LogP contribution in [-0.2, 0) is 13.1 Å². The monoisotopic (exact) mass is 346 g/mol. The van der Waals surface area contributed by atoms with Gasteiger partial charge in [-0.05, 0) is 48.7 Å². The van der Waals surface area contributed by atoms with Crippen LogP contribution >= 0.6 is 0 Å². The Morgan fingerprint density at radius 3 is 2.46 bits per heavy atom. The molecule has 0 aliphatic carbocycles. The maximum atomic E-state index is 5.35. The summed E-state index contributed by atoms with van der Waals surface area (Å²) in [6.45, 7) is 5.27. The van der Waals surface area contributed by atoms with Crippen LogP contribution in [0.2, 0.25) is 0 Å². The molecule has 0 radical (unpaired) electrons. The van der Waals surface area contributed by atoms with E-state index in [1.54, 1.807) is 7.11 Å². The number of fused-ring (bicyclic) bond motifs is 1. The maximum absolute atomic E-state index is 5.35. The predicted octanol–water partition coefficient (Wildman–Crippen LogP) is 4.80. The van der Waals surface area contributed by atoms with E-state index in [2.05, 4.69) is 83.3 Å². The lowest BCUT2D eigenvalue weighted by molar-refractivity contribution is 0.220. The topological polar surface area (TPSA) is 17.4 Å². The van der Waals surface area contributed by atoms with Gasteiger partial charge in [0.05, 0.1) is 13.2 Å². The number of benzene rings is 2. The standard InChI is InChI=1S/C23H26N2O/c1-18-6-8-19(9-7-18)17-25-16-4-15-24-14-3-5-22(24)23(25)20-10-12-21(26-2)13-11-20/h3,5-14,23H,4,15-17H2,1-2H3. The van der Waals surface area contributed by atoms with Crippen LogP contribution in [0, 0.1) is 6.92 Å². The minimum Gasteiger partial charge on any atom is -0.497 e. The van der Waals surface area contributed by atoms with E-state index in [9.17, 15) is 0 Å². The fraction of sp³-hybridized carbons (Fsp3) is 0.304. The lowest BCUT2D eigenvalue weighted by atomic mass is 10.0. The highest BCUT2D eigenvalue weighted by Gasteiger charge is 2.27. The van der Waals surface area contributed by atoms with Crippen molar-refractivity contribution in [3.05, 3.63) is 89.2 Å². The molecule has 0 saturated carbocycles. The van der Waals surface area contributed by atoms with Gasteiger partial charge in [0.15, 0.2) is 0 Å². The third kappa shape index (κ3) is 3.40. The van der Waals surface area contributed by atoms with Crippen molar-refractivity contribution in [3.63, 3.8) is 0 Å². The Balaban J connectivity index is 1.71. The molecular formula is C23H26N2O. The van der Waals surface area contributed by atoms with Crippen molar-refractivity contribution < 1.29 is 4.74 Å². The molecule has 1 unspecified atom stereocenters. The van der Waals surface area contributed by atoms with Crippen LogP contribution in [0.25, 0.3) is 0 Å². The van der Waals surface area contributed by atoms with Crippen molar-refractivity contribution in [2.24, 2.45) is 0 Å². The molecule has 26 heavy (non-hydrogen) atoms. The number of hydrogen-bond donors (Lipinski definition) is 0. The fourth-order valence-electron chi connectivity index (χ4n) is 3.91. The highest BCUT2D eigenvalue weighted by atomic mass is 16.5. The summed E-state index contributed by atoms with van der Waals surface area (Å²) in [5, 5.41) is 0. The zero-order chi connectivity index (χ0) is 17.9. The first-order chi connectivity index (χ1) is 12.7. The SMILES string of the molecule is COc1ccc(C2c3cccn3CCCN2Cc2ccc(C)cc2)cc1. The van der Waals surface area contributed by atoms with E-state index in [1.807, 2.05) is 0 Å². The minimum absolute atomic E-state index is 0.264. The van der Waals surface area contributed by atoms with Crippen LogP contribution in [0.15, 0.2) is 66.9 Å². The predicted molar refractivity (Wildman–Crippen MR) is 105 cm³/mol.